The smallest absolute Gasteiger partial charge is 0.268 e. The van der Waals surface area contributed by atoms with E-state index in [2.05, 4.69) is 25.8 Å². The Kier molecular flexibility index (Phi) is 4.21. The zero-order valence-corrected chi connectivity index (χ0v) is 17.9. The highest BCUT2D eigenvalue weighted by Gasteiger charge is 2.23. The summed E-state index contributed by atoms with van der Waals surface area (Å²) in [5.41, 5.74) is 4.69. The molecule has 4 aromatic rings. The minimum absolute atomic E-state index is 0.00883. The van der Waals surface area contributed by atoms with E-state index in [1.807, 2.05) is 30.3 Å². The van der Waals surface area contributed by atoms with Crippen molar-refractivity contribution in [3.05, 3.63) is 104 Å². The number of anilines is 1. The zero-order valence-electron chi connectivity index (χ0n) is 17.9. The molecule has 0 saturated heterocycles. The first kappa shape index (κ1) is 19.7. The molecule has 0 fully saturated rings. The third-order valence-electron chi connectivity index (χ3n) is 5.69. The lowest BCUT2D eigenvalue weighted by molar-refractivity contribution is 0.877. The molecule has 3 heterocycles. The van der Waals surface area contributed by atoms with Crippen LogP contribution in [-0.2, 0) is 0 Å². The van der Waals surface area contributed by atoms with Crippen LogP contribution in [0.5, 0.6) is 0 Å². The Hall–Kier alpha value is -4.99. The number of nitrogens with zero attached hydrogens (tertiary/aromatic N) is 6. The molecule has 0 radical (unpaired) electrons. The Labute approximate surface area is 190 Å². The minimum atomic E-state index is -0.556. The van der Waals surface area contributed by atoms with Gasteiger partial charge in [0.05, 0.1) is 38.9 Å². The molecule has 164 valence electrons. The maximum absolute atomic E-state index is 13.2. The van der Waals surface area contributed by atoms with Crippen LogP contribution in [0.15, 0.2) is 81.4 Å². The summed E-state index contributed by atoms with van der Waals surface area (Å²) in [5, 5.41) is 26.5. The maximum atomic E-state index is 13.2. The number of benzene rings is 3. The molecule has 0 spiro atoms. The Morgan fingerprint density at radius 2 is 1.65 bits per heavy atom. The summed E-state index contributed by atoms with van der Waals surface area (Å²) >= 11 is 0. The molecule has 0 unspecified atom stereocenters. The molecule has 10 nitrogen and oxygen atoms in total. The predicted molar refractivity (Wildman–Crippen MR) is 125 cm³/mol. The fourth-order valence-corrected chi connectivity index (χ4v) is 4.07. The Bertz CT molecular complexity index is 1900. The van der Waals surface area contributed by atoms with Gasteiger partial charge in [0, 0.05) is 0 Å². The molecule has 0 atom stereocenters. The van der Waals surface area contributed by atoms with Crippen molar-refractivity contribution in [2.24, 2.45) is 5.10 Å². The second-order valence-electron chi connectivity index (χ2n) is 7.78. The van der Waals surface area contributed by atoms with Crippen molar-refractivity contribution in [3.8, 4) is 17.1 Å². The van der Waals surface area contributed by atoms with Crippen LogP contribution in [0.4, 0.5) is 5.69 Å². The lowest BCUT2D eigenvalue weighted by atomic mass is 10.1. The highest BCUT2D eigenvalue weighted by molar-refractivity contribution is 5.88. The average molecular weight is 448 g/mol. The molecule has 2 aromatic heterocycles. The molecule has 2 N–H and O–H groups in total. The molecule has 0 saturated carbocycles. The summed E-state index contributed by atoms with van der Waals surface area (Å²) in [6.07, 6.45) is 0. The molecule has 6 rings (SSSR count). The van der Waals surface area contributed by atoms with Crippen molar-refractivity contribution in [2.75, 3.05) is 5.43 Å². The van der Waals surface area contributed by atoms with Gasteiger partial charge in [-0.1, -0.05) is 36.4 Å². The van der Waals surface area contributed by atoms with Gasteiger partial charge in [-0.05, 0) is 37.3 Å². The largest absolute Gasteiger partial charge is 0.298 e. The highest BCUT2D eigenvalue weighted by atomic mass is 16.2. The Balaban J connectivity index is 1.64. The summed E-state index contributed by atoms with van der Waals surface area (Å²) in [4.78, 5) is 26.3. The summed E-state index contributed by atoms with van der Waals surface area (Å²) in [6.45, 7) is 1.78. The molecular formula is C24H16N8O2. The van der Waals surface area contributed by atoms with E-state index in [9.17, 15) is 9.59 Å². The van der Waals surface area contributed by atoms with E-state index in [0.29, 0.717) is 28.1 Å². The molecule has 2 aliphatic rings. The van der Waals surface area contributed by atoms with Gasteiger partial charge in [0.1, 0.15) is 5.69 Å². The first-order valence-corrected chi connectivity index (χ1v) is 10.4. The van der Waals surface area contributed by atoms with Crippen LogP contribution < -0.4 is 27.3 Å². The molecular weight excluding hydrogens is 432 g/mol. The first-order valence-electron chi connectivity index (χ1n) is 10.4. The van der Waals surface area contributed by atoms with E-state index in [1.54, 1.807) is 43.3 Å². The fourth-order valence-electron chi connectivity index (χ4n) is 4.07. The van der Waals surface area contributed by atoms with Gasteiger partial charge in [0.2, 0.25) is 5.65 Å². The maximum Gasteiger partial charge on any atom is 0.268 e. The van der Waals surface area contributed by atoms with Gasteiger partial charge in [-0.25, -0.2) is 9.08 Å². The molecule has 10 heteroatoms. The lowest BCUT2D eigenvalue weighted by Crippen LogP contribution is -2.24. The molecule has 2 aromatic carbocycles. The van der Waals surface area contributed by atoms with Crippen LogP contribution in [0.25, 0.3) is 33.5 Å². The predicted octanol–water partition coefficient (Wildman–Crippen LogP) is 1.48. The monoisotopic (exact) mass is 448 g/mol. The average Bonchev–Trinajstić information content (AvgIpc) is 3.31. The van der Waals surface area contributed by atoms with Crippen LogP contribution in [0.2, 0.25) is 0 Å². The fraction of sp³-hybridized carbons (Fsp3) is 0.0417. The van der Waals surface area contributed by atoms with Crippen molar-refractivity contribution in [1.29, 1.82) is 5.41 Å². The van der Waals surface area contributed by atoms with Gasteiger partial charge in [-0.3, -0.25) is 20.4 Å². The Morgan fingerprint density at radius 3 is 2.38 bits per heavy atom. The summed E-state index contributed by atoms with van der Waals surface area (Å²) in [7, 11) is 0. The number of aryl methyl sites for hydroxylation is 1. The quantitative estimate of drug-likeness (QED) is 0.395. The highest BCUT2D eigenvalue weighted by Crippen LogP contribution is 2.19. The first-order chi connectivity index (χ1) is 16.5. The molecule has 1 aliphatic heterocycles. The number of para-hydroxylation sites is 2. The van der Waals surface area contributed by atoms with Crippen LogP contribution >= 0.6 is 0 Å². The van der Waals surface area contributed by atoms with Gasteiger partial charge < -0.3 is 0 Å². The topological polar surface area (TPSA) is 130 Å². The van der Waals surface area contributed by atoms with E-state index >= 15 is 0 Å². The summed E-state index contributed by atoms with van der Waals surface area (Å²) in [6, 6.07) is 19.6. The third kappa shape index (κ3) is 2.78. The molecule has 0 amide bonds. The number of rotatable bonds is 3. The normalized spacial score (nSPS) is 12.2. The number of hydrogen-bond acceptors (Lipinski definition) is 8. The number of nitrogens with one attached hydrogen (secondary N) is 2. The number of fused-ring (bicyclic) bond motifs is 4. The van der Waals surface area contributed by atoms with E-state index in [0.717, 1.165) is 10.3 Å². The van der Waals surface area contributed by atoms with Crippen molar-refractivity contribution >= 4 is 22.1 Å². The van der Waals surface area contributed by atoms with E-state index < -0.39 is 11.1 Å². The summed E-state index contributed by atoms with van der Waals surface area (Å²) in [5.74, 6) is 0. The van der Waals surface area contributed by atoms with Gasteiger partial charge in [0.25, 0.3) is 11.1 Å². The SMILES string of the molecule is Cc1nn2c3cc4c(=O)n(-c5ccccc5)c(=O)c4c(=N)c-3nnc2/c1=N/Nc1ccccc1. The number of aromatic nitrogens is 5. The van der Waals surface area contributed by atoms with Gasteiger partial charge in [0.15, 0.2) is 5.36 Å². The van der Waals surface area contributed by atoms with Crippen LogP contribution in [-0.4, -0.2) is 24.4 Å². The summed E-state index contributed by atoms with van der Waals surface area (Å²) < 4.78 is 2.58. The van der Waals surface area contributed by atoms with E-state index in [1.165, 1.54) is 4.52 Å². The molecule has 34 heavy (non-hydrogen) atoms. The zero-order chi connectivity index (χ0) is 23.4. The molecule has 0 bridgehead atoms. The lowest BCUT2D eigenvalue weighted by Gasteiger charge is -2.05. The number of hydrogen-bond donors (Lipinski definition) is 2. The van der Waals surface area contributed by atoms with Crippen LogP contribution in [0, 0.1) is 12.3 Å². The van der Waals surface area contributed by atoms with Crippen LogP contribution in [0.3, 0.4) is 0 Å². The van der Waals surface area contributed by atoms with E-state index in [-0.39, 0.29) is 21.8 Å². The van der Waals surface area contributed by atoms with Crippen molar-refractivity contribution in [1.82, 2.24) is 24.4 Å². The van der Waals surface area contributed by atoms with Crippen molar-refractivity contribution in [2.45, 2.75) is 6.92 Å². The van der Waals surface area contributed by atoms with Gasteiger partial charge >= 0.3 is 0 Å². The molecule has 1 aliphatic carbocycles. The van der Waals surface area contributed by atoms with Gasteiger partial charge in [-0.15, -0.1) is 10.2 Å². The van der Waals surface area contributed by atoms with Crippen molar-refractivity contribution in [3.63, 3.8) is 0 Å². The second kappa shape index (κ2) is 7.27. The van der Waals surface area contributed by atoms with Crippen molar-refractivity contribution < 1.29 is 0 Å². The minimum Gasteiger partial charge on any atom is -0.298 e. The van der Waals surface area contributed by atoms with Gasteiger partial charge in [-0.2, -0.15) is 10.2 Å². The third-order valence-corrected chi connectivity index (χ3v) is 5.69. The Morgan fingerprint density at radius 1 is 0.941 bits per heavy atom. The second-order valence-corrected chi connectivity index (χ2v) is 7.78. The van der Waals surface area contributed by atoms with E-state index in [4.69, 9.17) is 5.41 Å². The van der Waals surface area contributed by atoms with Crippen LogP contribution in [0.1, 0.15) is 5.69 Å². The standard InChI is InChI=1S/C24H16N8O2/c1-13-20(27-26-14-8-4-2-5-9-14)22-29-28-21-17(32(22)30-13)12-16-18(19(21)25)24(34)31(23(16)33)15-10-6-3-7-11-15/h2-12,25-26H,1H3/b25-19?,27-20+.